The molecule has 3 aromatic rings. The Labute approximate surface area is 125 Å². The highest BCUT2D eigenvalue weighted by Gasteiger charge is 2.18. The van der Waals surface area contributed by atoms with E-state index in [4.69, 9.17) is 9.05 Å². The van der Waals surface area contributed by atoms with E-state index in [1.54, 1.807) is 20.0 Å². The van der Waals surface area contributed by atoms with Gasteiger partial charge in [0.1, 0.15) is 10.7 Å². The molecule has 3 heterocycles. The highest BCUT2D eigenvalue weighted by atomic mass is 32.2. The number of aromatic nitrogens is 5. The van der Waals surface area contributed by atoms with E-state index in [1.807, 2.05) is 0 Å². The Morgan fingerprint density at radius 3 is 2.77 bits per heavy atom. The predicted octanol–water partition coefficient (Wildman–Crippen LogP) is 0.245. The zero-order chi connectivity index (χ0) is 15.7. The van der Waals surface area contributed by atoms with Crippen molar-refractivity contribution >= 4 is 10.0 Å². The van der Waals surface area contributed by atoms with Gasteiger partial charge in [0.15, 0.2) is 5.69 Å². The van der Waals surface area contributed by atoms with E-state index in [9.17, 15) is 8.42 Å². The third-order valence-electron chi connectivity index (χ3n) is 2.73. The minimum absolute atomic E-state index is 0.0573. The minimum Gasteiger partial charge on any atom is -0.361 e. The zero-order valence-corrected chi connectivity index (χ0v) is 12.5. The van der Waals surface area contributed by atoms with Crippen LogP contribution in [0.15, 0.2) is 32.4 Å². The van der Waals surface area contributed by atoms with Gasteiger partial charge in [-0.3, -0.25) is 4.68 Å². The van der Waals surface area contributed by atoms with Gasteiger partial charge in [-0.2, -0.15) is 10.1 Å². The van der Waals surface area contributed by atoms with Crippen molar-refractivity contribution in [3.8, 4) is 11.5 Å². The normalized spacial score (nSPS) is 11.9. The Morgan fingerprint density at radius 2 is 2.14 bits per heavy atom. The molecule has 22 heavy (non-hydrogen) atoms. The molecule has 0 fully saturated rings. The largest absolute Gasteiger partial charge is 0.361 e. The van der Waals surface area contributed by atoms with Crippen molar-refractivity contribution in [2.75, 3.05) is 0 Å². The fourth-order valence-electron chi connectivity index (χ4n) is 1.68. The Bertz CT molecular complexity index is 893. The first kappa shape index (κ1) is 14.4. The van der Waals surface area contributed by atoms with Crippen LogP contribution in [0.4, 0.5) is 0 Å². The Morgan fingerprint density at radius 1 is 1.32 bits per heavy atom. The molecule has 0 bridgehead atoms. The molecule has 1 N–H and O–H groups in total. The topological polar surface area (TPSA) is 129 Å². The minimum atomic E-state index is -3.68. The second-order valence-corrected chi connectivity index (χ2v) is 6.28. The molecule has 0 atom stereocenters. The van der Waals surface area contributed by atoms with E-state index in [0.29, 0.717) is 11.5 Å². The van der Waals surface area contributed by atoms with Crippen LogP contribution >= 0.6 is 0 Å². The number of rotatable bonds is 5. The first-order valence-corrected chi connectivity index (χ1v) is 7.67. The van der Waals surface area contributed by atoms with Gasteiger partial charge in [-0.05, 0) is 6.92 Å². The van der Waals surface area contributed by atoms with Crippen LogP contribution in [0.1, 0.15) is 11.7 Å². The lowest BCUT2D eigenvalue weighted by Gasteiger charge is -2.00. The average molecular weight is 324 g/mol. The summed E-state index contributed by atoms with van der Waals surface area (Å²) in [5.74, 6) is 0.953. The molecule has 0 saturated carbocycles. The molecule has 0 aliphatic heterocycles. The van der Waals surface area contributed by atoms with Crippen molar-refractivity contribution < 1.29 is 17.5 Å². The summed E-state index contributed by atoms with van der Waals surface area (Å²) in [5.41, 5.74) is 0.419. The van der Waals surface area contributed by atoms with E-state index < -0.39 is 10.0 Å². The Hall–Kier alpha value is -2.53. The summed E-state index contributed by atoms with van der Waals surface area (Å²) in [5, 5.41) is 11.3. The molecule has 0 radical (unpaired) electrons. The van der Waals surface area contributed by atoms with Gasteiger partial charge in [-0.25, -0.2) is 13.1 Å². The molecule has 0 saturated heterocycles. The number of aryl methyl sites for hydroxylation is 2. The van der Waals surface area contributed by atoms with E-state index >= 15 is 0 Å². The van der Waals surface area contributed by atoms with E-state index in [2.05, 4.69) is 25.1 Å². The van der Waals surface area contributed by atoms with Gasteiger partial charge < -0.3 is 9.05 Å². The molecule has 3 aromatic heterocycles. The van der Waals surface area contributed by atoms with Crippen molar-refractivity contribution in [3.63, 3.8) is 0 Å². The highest BCUT2D eigenvalue weighted by molar-refractivity contribution is 7.89. The molecule has 0 spiro atoms. The smallest absolute Gasteiger partial charge is 0.244 e. The third-order valence-corrected chi connectivity index (χ3v) is 4.09. The fourth-order valence-corrected chi connectivity index (χ4v) is 2.64. The third kappa shape index (κ3) is 2.89. The summed E-state index contributed by atoms with van der Waals surface area (Å²) >= 11 is 0. The number of hydrogen-bond donors (Lipinski definition) is 1. The summed E-state index contributed by atoms with van der Waals surface area (Å²) in [6, 6.07) is 1.65. The lowest BCUT2D eigenvalue weighted by atomic mass is 10.4. The van der Waals surface area contributed by atoms with Crippen molar-refractivity contribution in [2.24, 2.45) is 7.05 Å². The Balaban J connectivity index is 1.71. The summed E-state index contributed by atoms with van der Waals surface area (Å²) < 4.78 is 37.7. The maximum atomic E-state index is 12.0. The van der Waals surface area contributed by atoms with Crippen LogP contribution < -0.4 is 4.72 Å². The first-order valence-electron chi connectivity index (χ1n) is 6.18. The van der Waals surface area contributed by atoms with Gasteiger partial charge in [-0.15, -0.1) is 0 Å². The molecule has 0 aliphatic carbocycles. The van der Waals surface area contributed by atoms with E-state index in [-0.39, 0.29) is 23.2 Å². The van der Waals surface area contributed by atoms with Gasteiger partial charge >= 0.3 is 0 Å². The monoisotopic (exact) mass is 324 g/mol. The summed E-state index contributed by atoms with van der Waals surface area (Å²) in [4.78, 5) is 4.11. The molecule has 11 heteroatoms. The Kier molecular flexibility index (Phi) is 3.50. The van der Waals surface area contributed by atoms with Crippen LogP contribution in [-0.4, -0.2) is 33.5 Å². The lowest BCUT2D eigenvalue weighted by molar-refractivity contribution is 0.374. The SMILES string of the molecule is Cc1cc(-c2noc(CNS(=O)(=O)c3cnn(C)c3)n2)no1. The number of nitrogens with one attached hydrogen (secondary N) is 1. The van der Waals surface area contributed by atoms with Crippen molar-refractivity contribution in [1.29, 1.82) is 0 Å². The maximum absolute atomic E-state index is 12.0. The summed E-state index contributed by atoms with van der Waals surface area (Å²) in [6.07, 6.45) is 2.64. The van der Waals surface area contributed by atoms with Gasteiger partial charge in [0.25, 0.3) is 0 Å². The van der Waals surface area contributed by atoms with Crippen LogP contribution in [0.25, 0.3) is 11.5 Å². The average Bonchev–Trinajstić information content (AvgIpc) is 3.16. The van der Waals surface area contributed by atoms with Gasteiger partial charge in [0.2, 0.25) is 21.7 Å². The first-order chi connectivity index (χ1) is 10.4. The van der Waals surface area contributed by atoms with Gasteiger partial charge in [0, 0.05) is 19.3 Å². The quantitative estimate of drug-likeness (QED) is 0.707. The second kappa shape index (κ2) is 5.35. The predicted molar refractivity (Wildman–Crippen MR) is 71.8 cm³/mol. The van der Waals surface area contributed by atoms with E-state index in [0.717, 1.165) is 0 Å². The zero-order valence-electron chi connectivity index (χ0n) is 11.7. The summed E-state index contributed by atoms with van der Waals surface area (Å²) in [7, 11) is -2.06. The molecule has 10 nitrogen and oxygen atoms in total. The van der Waals surface area contributed by atoms with Crippen LogP contribution in [-0.2, 0) is 23.6 Å². The van der Waals surface area contributed by atoms with Crippen LogP contribution in [0.2, 0.25) is 0 Å². The fraction of sp³-hybridized carbons (Fsp3) is 0.273. The number of sulfonamides is 1. The van der Waals surface area contributed by atoms with Gasteiger partial charge in [-0.1, -0.05) is 10.3 Å². The van der Waals surface area contributed by atoms with Crippen LogP contribution in [0.5, 0.6) is 0 Å². The van der Waals surface area contributed by atoms with Crippen LogP contribution in [0, 0.1) is 6.92 Å². The molecular weight excluding hydrogens is 312 g/mol. The molecule has 0 unspecified atom stereocenters. The number of nitrogens with zero attached hydrogens (tertiary/aromatic N) is 5. The molecular formula is C11H12N6O4S. The molecule has 0 aromatic carbocycles. The standard InChI is InChI=1S/C11H12N6O4S/c1-7-3-9(15-20-7)11-14-10(21-16-11)5-13-22(18,19)8-4-12-17(2)6-8/h3-4,6,13H,5H2,1-2H3. The summed E-state index contributed by atoms with van der Waals surface area (Å²) in [6.45, 7) is 1.60. The molecule has 116 valence electrons. The molecule has 0 amide bonds. The maximum Gasteiger partial charge on any atom is 0.244 e. The van der Waals surface area contributed by atoms with Crippen molar-refractivity contribution in [2.45, 2.75) is 18.4 Å². The van der Waals surface area contributed by atoms with E-state index in [1.165, 1.54) is 17.1 Å². The highest BCUT2D eigenvalue weighted by Crippen LogP contribution is 2.15. The van der Waals surface area contributed by atoms with Crippen molar-refractivity contribution in [1.82, 2.24) is 29.8 Å². The second-order valence-electron chi connectivity index (χ2n) is 4.51. The van der Waals surface area contributed by atoms with Crippen molar-refractivity contribution in [3.05, 3.63) is 30.1 Å². The lowest BCUT2D eigenvalue weighted by Crippen LogP contribution is -2.23. The van der Waals surface area contributed by atoms with Crippen LogP contribution in [0.3, 0.4) is 0 Å². The van der Waals surface area contributed by atoms with Gasteiger partial charge in [0.05, 0.1) is 12.7 Å². The number of hydrogen-bond acceptors (Lipinski definition) is 8. The molecule has 0 aliphatic rings. The molecule has 3 rings (SSSR count).